The first-order valence-corrected chi connectivity index (χ1v) is 7.56. The van der Waals surface area contributed by atoms with Gasteiger partial charge in [-0.05, 0) is 44.4 Å². The lowest BCUT2D eigenvalue weighted by Crippen LogP contribution is -2.47. The number of likely N-dealkylation sites (tertiary alicyclic amines) is 1. The Hall–Kier alpha value is -1.62. The predicted molar refractivity (Wildman–Crippen MR) is 79.5 cm³/mol. The summed E-state index contributed by atoms with van der Waals surface area (Å²) in [5, 5.41) is 0. The summed E-state index contributed by atoms with van der Waals surface area (Å²) in [5.74, 6) is -0.440. The summed E-state index contributed by atoms with van der Waals surface area (Å²) < 4.78 is 4.78. The number of amides is 1. The first-order valence-electron chi connectivity index (χ1n) is 6.75. The minimum Gasteiger partial charge on any atom is -0.467 e. The molecule has 0 bridgehead atoms. The molecule has 1 aliphatic heterocycles. The van der Waals surface area contributed by atoms with E-state index in [0.717, 1.165) is 17.7 Å². The molecule has 1 fully saturated rings. The molecule has 5 heteroatoms. The summed E-state index contributed by atoms with van der Waals surface area (Å²) in [4.78, 5) is 27.8. The van der Waals surface area contributed by atoms with Crippen LogP contribution in [0, 0.1) is 6.92 Å². The Bertz CT molecular complexity index is 521. The number of carbonyl (C=O) groups is 2. The van der Waals surface area contributed by atoms with Crippen LogP contribution in [0.15, 0.2) is 18.2 Å². The average molecular weight is 293 g/mol. The fourth-order valence-corrected chi connectivity index (χ4v) is 3.15. The highest BCUT2D eigenvalue weighted by molar-refractivity contribution is 7.12. The van der Waals surface area contributed by atoms with Crippen LogP contribution in [-0.4, -0.2) is 36.5 Å². The van der Waals surface area contributed by atoms with E-state index in [-0.39, 0.29) is 11.9 Å². The van der Waals surface area contributed by atoms with Gasteiger partial charge in [0.15, 0.2) is 0 Å². The molecule has 1 atom stereocenters. The highest BCUT2D eigenvalue weighted by atomic mass is 32.1. The smallest absolute Gasteiger partial charge is 0.328 e. The van der Waals surface area contributed by atoms with E-state index >= 15 is 0 Å². The lowest BCUT2D eigenvalue weighted by molar-refractivity contribution is -0.153. The first kappa shape index (κ1) is 14.8. The number of carbonyl (C=O) groups excluding carboxylic acids is 2. The zero-order valence-corrected chi connectivity index (χ0v) is 12.6. The van der Waals surface area contributed by atoms with Crippen LogP contribution in [0.25, 0.3) is 6.08 Å². The summed E-state index contributed by atoms with van der Waals surface area (Å²) in [5.41, 5.74) is 0. The normalized spacial score (nSPS) is 19.3. The quantitative estimate of drug-likeness (QED) is 0.636. The fourth-order valence-electron chi connectivity index (χ4n) is 2.37. The number of hydrogen-bond donors (Lipinski definition) is 0. The molecule has 2 rings (SSSR count). The minimum atomic E-state index is -0.434. The lowest BCUT2D eigenvalue weighted by Gasteiger charge is -2.32. The number of hydrogen-bond acceptors (Lipinski definition) is 4. The molecule has 0 saturated carbocycles. The highest BCUT2D eigenvalue weighted by Crippen LogP contribution is 2.20. The Balaban J connectivity index is 2.06. The maximum absolute atomic E-state index is 12.2. The van der Waals surface area contributed by atoms with E-state index in [9.17, 15) is 9.59 Å². The highest BCUT2D eigenvalue weighted by Gasteiger charge is 2.31. The Morgan fingerprint density at radius 1 is 1.40 bits per heavy atom. The molecule has 4 nitrogen and oxygen atoms in total. The molecule has 1 aliphatic rings. The number of aryl methyl sites for hydroxylation is 1. The molecule has 20 heavy (non-hydrogen) atoms. The largest absolute Gasteiger partial charge is 0.467 e. The molecular formula is C15H19NO3S. The topological polar surface area (TPSA) is 46.6 Å². The van der Waals surface area contributed by atoms with Crippen molar-refractivity contribution in [2.75, 3.05) is 13.7 Å². The summed E-state index contributed by atoms with van der Waals surface area (Å²) in [7, 11) is 1.36. The van der Waals surface area contributed by atoms with Crippen LogP contribution >= 0.6 is 11.3 Å². The van der Waals surface area contributed by atoms with Crippen LogP contribution in [0.5, 0.6) is 0 Å². The number of rotatable bonds is 3. The number of thiophene rings is 1. The van der Waals surface area contributed by atoms with E-state index in [1.807, 2.05) is 25.1 Å². The lowest BCUT2D eigenvalue weighted by atomic mass is 10.0. The second-order valence-electron chi connectivity index (χ2n) is 4.85. The van der Waals surface area contributed by atoms with Gasteiger partial charge in [-0.25, -0.2) is 4.79 Å². The average Bonchev–Trinajstić information content (AvgIpc) is 2.89. The van der Waals surface area contributed by atoms with E-state index in [1.54, 1.807) is 22.3 Å². The van der Waals surface area contributed by atoms with Crippen molar-refractivity contribution < 1.29 is 14.3 Å². The van der Waals surface area contributed by atoms with Crippen LogP contribution < -0.4 is 0 Å². The van der Waals surface area contributed by atoms with Gasteiger partial charge in [0.2, 0.25) is 5.91 Å². The number of esters is 1. The molecule has 0 spiro atoms. The third kappa shape index (κ3) is 3.48. The van der Waals surface area contributed by atoms with Crippen molar-refractivity contribution in [2.24, 2.45) is 0 Å². The van der Waals surface area contributed by atoms with E-state index in [2.05, 4.69) is 0 Å². The first-order chi connectivity index (χ1) is 9.61. The molecule has 2 heterocycles. The maximum Gasteiger partial charge on any atom is 0.328 e. The molecule has 0 N–H and O–H groups in total. The third-order valence-corrected chi connectivity index (χ3v) is 4.38. The van der Waals surface area contributed by atoms with Crippen molar-refractivity contribution in [3.05, 3.63) is 28.0 Å². The van der Waals surface area contributed by atoms with Crippen LogP contribution in [-0.2, 0) is 14.3 Å². The van der Waals surface area contributed by atoms with Gasteiger partial charge in [0.1, 0.15) is 6.04 Å². The third-order valence-electron chi connectivity index (χ3n) is 3.41. The van der Waals surface area contributed by atoms with Gasteiger partial charge in [-0.15, -0.1) is 11.3 Å². The van der Waals surface area contributed by atoms with Crippen molar-refractivity contribution in [3.63, 3.8) is 0 Å². The van der Waals surface area contributed by atoms with Crippen molar-refractivity contribution in [2.45, 2.75) is 32.2 Å². The summed E-state index contributed by atoms with van der Waals surface area (Å²) in [6.45, 7) is 2.65. The summed E-state index contributed by atoms with van der Waals surface area (Å²) in [6, 6.07) is 3.57. The molecule has 1 amide bonds. The van der Waals surface area contributed by atoms with Crippen molar-refractivity contribution in [1.82, 2.24) is 4.90 Å². The van der Waals surface area contributed by atoms with Crippen LogP contribution in [0.3, 0.4) is 0 Å². The maximum atomic E-state index is 12.2. The zero-order valence-electron chi connectivity index (χ0n) is 11.8. The standard InChI is InChI=1S/C15H19NO3S/c1-11-6-7-12(20-11)8-9-14(17)16-10-4-3-5-13(16)15(18)19-2/h6-9,13H,3-5,10H2,1-2H3/b9-8-/t13-/m0/s1. The van der Waals surface area contributed by atoms with E-state index in [1.165, 1.54) is 12.0 Å². The van der Waals surface area contributed by atoms with Gasteiger partial charge < -0.3 is 9.64 Å². The molecule has 0 radical (unpaired) electrons. The minimum absolute atomic E-state index is 0.119. The molecule has 0 aliphatic carbocycles. The van der Waals surface area contributed by atoms with Gasteiger partial charge >= 0.3 is 5.97 Å². The molecule has 1 aromatic heterocycles. The number of piperidine rings is 1. The van der Waals surface area contributed by atoms with Crippen molar-refractivity contribution in [1.29, 1.82) is 0 Å². The van der Waals surface area contributed by atoms with Gasteiger partial charge in [-0.2, -0.15) is 0 Å². The monoisotopic (exact) mass is 293 g/mol. The van der Waals surface area contributed by atoms with Crippen molar-refractivity contribution in [3.8, 4) is 0 Å². The Morgan fingerprint density at radius 2 is 2.20 bits per heavy atom. The van der Waals surface area contributed by atoms with Gasteiger partial charge in [-0.3, -0.25) is 4.79 Å². The fraction of sp³-hybridized carbons (Fsp3) is 0.467. The van der Waals surface area contributed by atoms with Gasteiger partial charge in [-0.1, -0.05) is 0 Å². The Morgan fingerprint density at radius 3 is 2.85 bits per heavy atom. The number of nitrogens with zero attached hydrogens (tertiary/aromatic N) is 1. The SMILES string of the molecule is COC(=O)[C@@H]1CCCCN1C(=O)/C=C\c1ccc(C)s1. The number of ether oxygens (including phenoxy) is 1. The Kier molecular flexibility index (Phi) is 4.95. The predicted octanol–water partition coefficient (Wildman–Crippen LogP) is 2.62. The van der Waals surface area contributed by atoms with Crippen LogP contribution in [0.1, 0.15) is 29.0 Å². The molecule has 1 aromatic rings. The van der Waals surface area contributed by atoms with Crippen LogP contribution in [0.4, 0.5) is 0 Å². The molecule has 0 aromatic carbocycles. The summed E-state index contributed by atoms with van der Waals surface area (Å²) >= 11 is 1.64. The Labute approximate surface area is 123 Å². The number of methoxy groups -OCH3 is 1. The zero-order chi connectivity index (χ0) is 14.5. The second-order valence-corrected chi connectivity index (χ2v) is 6.17. The van der Waals surface area contributed by atoms with Crippen molar-refractivity contribution >= 4 is 29.3 Å². The molecule has 1 saturated heterocycles. The molecule has 0 unspecified atom stereocenters. The van der Waals surface area contributed by atoms with Gasteiger partial charge in [0, 0.05) is 22.4 Å². The molecular weight excluding hydrogens is 274 g/mol. The van der Waals surface area contributed by atoms with E-state index < -0.39 is 6.04 Å². The summed E-state index contributed by atoms with van der Waals surface area (Å²) in [6.07, 6.45) is 5.93. The van der Waals surface area contributed by atoms with Crippen LogP contribution in [0.2, 0.25) is 0 Å². The second kappa shape index (κ2) is 6.70. The van der Waals surface area contributed by atoms with Gasteiger partial charge in [0.25, 0.3) is 0 Å². The van der Waals surface area contributed by atoms with E-state index in [4.69, 9.17) is 4.74 Å². The molecule has 108 valence electrons. The van der Waals surface area contributed by atoms with Gasteiger partial charge in [0.05, 0.1) is 7.11 Å². The van der Waals surface area contributed by atoms with E-state index in [0.29, 0.717) is 13.0 Å².